The first-order chi connectivity index (χ1) is 14.2. The third-order valence-corrected chi connectivity index (χ3v) is 4.47. The molecule has 0 heterocycles. The summed E-state index contributed by atoms with van der Waals surface area (Å²) in [6.07, 6.45) is 3.16. The van der Waals surface area contributed by atoms with Crippen LogP contribution in [0.15, 0.2) is 46.9 Å². The van der Waals surface area contributed by atoms with Crippen LogP contribution in [0.3, 0.4) is 0 Å². The van der Waals surface area contributed by atoms with Crippen molar-refractivity contribution >= 4 is 46.6 Å². The Balaban J connectivity index is 2.77. The number of benzene rings is 1. The van der Waals surface area contributed by atoms with E-state index < -0.39 is 5.91 Å². The monoisotopic (exact) mass is 452 g/mol. The number of halogens is 2. The van der Waals surface area contributed by atoms with Crippen LogP contribution in [-0.4, -0.2) is 30.0 Å². The van der Waals surface area contributed by atoms with Crippen molar-refractivity contribution in [1.29, 1.82) is 10.8 Å². The molecule has 0 aliphatic carbocycles. The second-order valence-corrected chi connectivity index (χ2v) is 6.98. The number of ether oxygens (including phenoxy) is 1. The first-order valence-corrected chi connectivity index (χ1v) is 9.82. The summed E-state index contributed by atoms with van der Waals surface area (Å²) in [7, 11) is 0. The number of aliphatic imine (C=N–C) groups is 1. The van der Waals surface area contributed by atoms with E-state index in [0.717, 1.165) is 5.56 Å². The van der Waals surface area contributed by atoms with Gasteiger partial charge in [-0.05, 0) is 49.4 Å². The molecule has 0 unspecified atom stereocenters. The normalized spacial score (nSPS) is 12.4. The van der Waals surface area contributed by atoms with E-state index >= 15 is 0 Å². The topological polar surface area (TPSA) is 136 Å². The van der Waals surface area contributed by atoms with Crippen molar-refractivity contribution in [2.45, 2.75) is 33.7 Å². The summed E-state index contributed by atoms with van der Waals surface area (Å²) in [6.45, 7) is 5.44. The van der Waals surface area contributed by atoms with Crippen LogP contribution in [0.1, 0.15) is 32.8 Å². The van der Waals surface area contributed by atoms with E-state index in [0.29, 0.717) is 28.0 Å². The second-order valence-electron chi connectivity index (χ2n) is 6.17. The lowest BCUT2D eigenvalue weighted by Crippen LogP contribution is -2.36. The molecule has 8 nitrogen and oxygen atoms in total. The van der Waals surface area contributed by atoms with Crippen LogP contribution in [0.5, 0.6) is 0 Å². The fraction of sp³-hybridized carbons (Fsp3) is 0.300. The van der Waals surface area contributed by atoms with Crippen LogP contribution in [0, 0.1) is 10.8 Å². The fourth-order valence-electron chi connectivity index (χ4n) is 2.21. The van der Waals surface area contributed by atoms with E-state index in [1.165, 1.54) is 13.1 Å². The maximum Gasteiger partial charge on any atom is 0.275 e. The van der Waals surface area contributed by atoms with Crippen molar-refractivity contribution in [3.05, 3.63) is 57.5 Å². The smallest absolute Gasteiger partial charge is 0.275 e. The first kappa shape index (κ1) is 25.2. The van der Waals surface area contributed by atoms with Gasteiger partial charge in [-0.1, -0.05) is 29.3 Å². The molecule has 162 valence electrons. The van der Waals surface area contributed by atoms with E-state index in [-0.39, 0.29) is 30.5 Å². The van der Waals surface area contributed by atoms with Crippen molar-refractivity contribution in [2.75, 3.05) is 6.54 Å². The minimum atomic E-state index is -0.445. The first-order valence-electron chi connectivity index (χ1n) is 9.07. The van der Waals surface area contributed by atoms with Crippen LogP contribution in [0.25, 0.3) is 0 Å². The van der Waals surface area contributed by atoms with E-state index in [1.807, 2.05) is 6.07 Å². The Morgan fingerprint density at radius 2 is 1.97 bits per heavy atom. The maximum absolute atomic E-state index is 12.7. The highest BCUT2D eigenvalue weighted by atomic mass is 35.5. The Kier molecular flexibility index (Phi) is 10.6. The maximum atomic E-state index is 12.7. The number of carbonyl (C=O) groups is 1. The third kappa shape index (κ3) is 8.67. The highest BCUT2D eigenvalue weighted by Crippen LogP contribution is 2.22. The molecule has 0 aliphatic heterocycles. The van der Waals surface area contributed by atoms with Crippen molar-refractivity contribution in [3.63, 3.8) is 0 Å². The van der Waals surface area contributed by atoms with Gasteiger partial charge in [0.2, 0.25) is 0 Å². The molecule has 0 fully saturated rings. The molecular weight excluding hydrogens is 427 g/mol. The average Bonchev–Trinajstić information content (AvgIpc) is 2.69. The SMILES string of the molecule is CC=C(NCc1ccc(Cl)c(Cl)c1)NC(=O)C(=NCCC(=N)OC(C)=N)C(C)=CN. The quantitative estimate of drug-likeness (QED) is 0.287. The summed E-state index contributed by atoms with van der Waals surface area (Å²) in [5.41, 5.74) is 7.09. The minimum Gasteiger partial charge on any atom is -0.430 e. The number of nitrogens with two attached hydrogens (primary N) is 1. The number of hydrogen-bond acceptors (Lipinski definition) is 7. The van der Waals surface area contributed by atoms with Crippen molar-refractivity contribution in [2.24, 2.45) is 10.7 Å². The minimum absolute atomic E-state index is 0.0780. The average molecular weight is 453 g/mol. The molecule has 1 rings (SSSR count). The number of allylic oxidation sites excluding steroid dienone is 1. The van der Waals surface area contributed by atoms with E-state index in [4.69, 9.17) is 44.5 Å². The zero-order valence-electron chi connectivity index (χ0n) is 17.1. The molecule has 0 spiro atoms. The molecule has 0 aromatic heterocycles. The van der Waals surface area contributed by atoms with Gasteiger partial charge in [0.25, 0.3) is 5.91 Å². The molecule has 10 heteroatoms. The molecule has 6 N–H and O–H groups in total. The predicted molar refractivity (Wildman–Crippen MR) is 122 cm³/mol. The number of amides is 1. The molecular formula is C20H26Cl2N6O2. The Bertz CT molecular complexity index is 893. The van der Waals surface area contributed by atoms with Crippen LogP contribution in [0.4, 0.5) is 0 Å². The summed E-state index contributed by atoms with van der Waals surface area (Å²) in [6, 6.07) is 5.28. The van der Waals surface area contributed by atoms with Crippen molar-refractivity contribution in [1.82, 2.24) is 10.6 Å². The van der Waals surface area contributed by atoms with E-state index in [1.54, 1.807) is 32.1 Å². The van der Waals surface area contributed by atoms with Crippen molar-refractivity contribution < 1.29 is 9.53 Å². The Morgan fingerprint density at radius 1 is 1.27 bits per heavy atom. The molecule has 1 amide bonds. The molecule has 0 saturated carbocycles. The summed E-state index contributed by atoms with van der Waals surface area (Å²) >= 11 is 11.9. The largest absolute Gasteiger partial charge is 0.430 e. The molecule has 0 atom stereocenters. The van der Waals surface area contributed by atoms with Crippen LogP contribution in [-0.2, 0) is 16.1 Å². The summed E-state index contributed by atoms with van der Waals surface area (Å²) < 4.78 is 4.87. The number of rotatable bonds is 9. The van der Waals surface area contributed by atoms with Gasteiger partial charge in [-0.3, -0.25) is 20.6 Å². The second kappa shape index (κ2) is 12.7. The molecule has 1 aromatic carbocycles. The van der Waals surface area contributed by atoms with Gasteiger partial charge in [0.15, 0.2) is 11.8 Å². The highest BCUT2D eigenvalue weighted by Gasteiger charge is 2.15. The fourth-order valence-corrected chi connectivity index (χ4v) is 2.53. The summed E-state index contributed by atoms with van der Waals surface area (Å²) in [4.78, 5) is 16.9. The van der Waals surface area contributed by atoms with E-state index in [2.05, 4.69) is 15.6 Å². The van der Waals surface area contributed by atoms with Gasteiger partial charge in [0, 0.05) is 26.4 Å². The van der Waals surface area contributed by atoms with Gasteiger partial charge >= 0.3 is 0 Å². The molecule has 0 saturated heterocycles. The molecule has 0 aliphatic rings. The van der Waals surface area contributed by atoms with Gasteiger partial charge in [0.1, 0.15) is 11.5 Å². The third-order valence-electron chi connectivity index (χ3n) is 3.73. The number of nitrogens with one attached hydrogen (secondary N) is 4. The number of nitrogens with zero attached hydrogens (tertiary/aromatic N) is 1. The summed E-state index contributed by atoms with van der Waals surface area (Å²) in [5.74, 6) is -0.137. The Morgan fingerprint density at radius 3 is 2.53 bits per heavy atom. The lowest BCUT2D eigenvalue weighted by molar-refractivity contribution is -0.114. The number of carbonyl (C=O) groups excluding carboxylic acids is 1. The standard InChI is InChI=1S/C20H26Cl2N6O2/c1-4-18(27-11-14-5-6-15(21)16(22)9-14)28-20(29)19(12(2)10-23)26-8-7-17(25)30-13(3)24/h4-6,9-10,24-25,27H,7-8,11,23H2,1-3H3,(H,28,29). The van der Waals surface area contributed by atoms with Gasteiger partial charge in [-0.2, -0.15) is 0 Å². The highest BCUT2D eigenvalue weighted by molar-refractivity contribution is 6.45. The van der Waals surface area contributed by atoms with Gasteiger partial charge in [-0.25, -0.2) is 0 Å². The van der Waals surface area contributed by atoms with Gasteiger partial charge < -0.3 is 21.1 Å². The van der Waals surface area contributed by atoms with E-state index in [9.17, 15) is 4.79 Å². The Hall–Kier alpha value is -2.84. The number of hydrogen-bond donors (Lipinski definition) is 5. The zero-order valence-corrected chi connectivity index (χ0v) is 18.6. The Labute approximate surface area is 186 Å². The van der Waals surface area contributed by atoms with Crippen molar-refractivity contribution in [3.8, 4) is 0 Å². The van der Waals surface area contributed by atoms with Crippen LogP contribution in [0.2, 0.25) is 10.0 Å². The molecule has 1 aromatic rings. The van der Waals surface area contributed by atoms with Crippen LogP contribution < -0.4 is 16.4 Å². The lowest BCUT2D eigenvalue weighted by atomic mass is 10.2. The molecule has 30 heavy (non-hydrogen) atoms. The molecule has 0 radical (unpaired) electrons. The van der Waals surface area contributed by atoms with Gasteiger partial charge in [0.05, 0.1) is 10.0 Å². The molecule has 0 bridgehead atoms. The summed E-state index contributed by atoms with van der Waals surface area (Å²) in [5, 5.41) is 21.6. The van der Waals surface area contributed by atoms with Crippen LogP contribution >= 0.6 is 23.2 Å². The lowest BCUT2D eigenvalue weighted by Gasteiger charge is -2.14. The van der Waals surface area contributed by atoms with Gasteiger partial charge in [-0.15, -0.1) is 0 Å². The zero-order chi connectivity index (χ0) is 22.7. The predicted octanol–water partition coefficient (Wildman–Crippen LogP) is 3.75.